The summed E-state index contributed by atoms with van der Waals surface area (Å²) in [7, 11) is 0. The third kappa shape index (κ3) is 2.57. The molecule has 2 rings (SSSR count). The zero-order valence-corrected chi connectivity index (χ0v) is 10.9. The van der Waals surface area contributed by atoms with Crippen LogP contribution in [0.2, 0.25) is 5.02 Å². The van der Waals surface area contributed by atoms with Crippen LogP contribution in [0, 0.1) is 11.3 Å². The van der Waals surface area contributed by atoms with E-state index in [9.17, 15) is 4.79 Å². The lowest BCUT2D eigenvalue weighted by atomic mass is 10.2. The van der Waals surface area contributed by atoms with Crippen LogP contribution in [0.25, 0.3) is 0 Å². The molecule has 0 bridgehead atoms. The Bertz CT molecular complexity index is 501. The van der Waals surface area contributed by atoms with Gasteiger partial charge in [-0.1, -0.05) is 11.6 Å². The molecule has 0 atom stereocenters. The van der Waals surface area contributed by atoms with Crippen molar-refractivity contribution < 1.29 is 4.79 Å². The van der Waals surface area contributed by atoms with Gasteiger partial charge in [-0.3, -0.25) is 4.79 Å². The first-order chi connectivity index (χ1) is 8.61. The first-order valence-electron chi connectivity index (χ1n) is 5.82. The molecule has 0 unspecified atom stereocenters. The molecule has 94 valence electrons. The van der Waals surface area contributed by atoms with Gasteiger partial charge in [-0.15, -0.1) is 0 Å². The predicted molar refractivity (Wildman–Crippen MR) is 70.6 cm³/mol. The van der Waals surface area contributed by atoms with Crippen molar-refractivity contribution in [3.63, 3.8) is 0 Å². The number of hydrogen-bond acceptors (Lipinski definition) is 3. The molecule has 1 aliphatic rings. The van der Waals surface area contributed by atoms with Crippen LogP contribution in [0.4, 0.5) is 5.69 Å². The first-order valence-corrected chi connectivity index (χ1v) is 6.19. The van der Waals surface area contributed by atoms with Crippen molar-refractivity contribution in [2.75, 3.05) is 31.1 Å². The molecule has 1 saturated heterocycles. The summed E-state index contributed by atoms with van der Waals surface area (Å²) in [6.07, 6.45) is 0. The Balaban J connectivity index is 2.08. The quantitative estimate of drug-likeness (QED) is 0.777. The van der Waals surface area contributed by atoms with Gasteiger partial charge >= 0.3 is 0 Å². The van der Waals surface area contributed by atoms with Gasteiger partial charge < -0.3 is 9.80 Å². The Labute approximate surface area is 111 Å². The van der Waals surface area contributed by atoms with Crippen molar-refractivity contribution >= 4 is 23.2 Å². The Morgan fingerprint density at radius 3 is 2.50 bits per heavy atom. The fourth-order valence-electron chi connectivity index (χ4n) is 2.07. The molecule has 0 radical (unpaired) electrons. The fraction of sp³-hybridized carbons (Fsp3) is 0.385. The fourth-order valence-corrected chi connectivity index (χ4v) is 2.29. The molecule has 1 fully saturated rings. The van der Waals surface area contributed by atoms with E-state index in [-0.39, 0.29) is 5.91 Å². The summed E-state index contributed by atoms with van der Waals surface area (Å²) in [6.45, 7) is 4.64. The Hall–Kier alpha value is -1.73. The van der Waals surface area contributed by atoms with Crippen LogP contribution < -0.4 is 4.90 Å². The minimum atomic E-state index is 0.118. The van der Waals surface area contributed by atoms with Crippen LogP contribution in [-0.4, -0.2) is 37.0 Å². The van der Waals surface area contributed by atoms with Gasteiger partial charge in [-0.25, -0.2) is 0 Å². The van der Waals surface area contributed by atoms with Gasteiger partial charge in [-0.2, -0.15) is 5.26 Å². The highest BCUT2D eigenvalue weighted by Crippen LogP contribution is 2.24. The third-order valence-electron chi connectivity index (χ3n) is 3.16. The molecule has 0 N–H and O–H groups in total. The highest BCUT2D eigenvalue weighted by atomic mass is 35.5. The summed E-state index contributed by atoms with van der Waals surface area (Å²) in [5.41, 5.74) is 1.49. The smallest absolute Gasteiger partial charge is 0.219 e. The van der Waals surface area contributed by atoms with E-state index in [4.69, 9.17) is 16.9 Å². The summed E-state index contributed by atoms with van der Waals surface area (Å²) in [6, 6.07) is 7.48. The van der Waals surface area contributed by atoms with Crippen LogP contribution in [-0.2, 0) is 4.79 Å². The molecule has 18 heavy (non-hydrogen) atoms. The molecule has 0 spiro atoms. The van der Waals surface area contributed by atoms with E-state index in [0.717, 1.165) is 31.9 Å². The van der Waals surface area contributed by atoms with Gasteiger partial charge in [0.05, 0.1) is 10.6 Å². The van der Waals surface area contributed by atoms with Crippen LogP contribution in [0.15, 0.2) is 18.2 Å². The van der Waals surface area contributed by atoms with Crippen molar-refractivity contribution in [2.24, 2.45) is 0 Å². The number of anilines is 1. The van der Waals surface area contributed by atoms with E-state index in [1.165, 1.54) is 0 Å². The van der Waals surface area contributed by atoms with Crippen molar-refractivity contribution in [2.45, 2.75) is 6.92 Å². The number of nitrogens with zero attached hydrogens (tertiary/aromatic N) is 3. The van der Waals surface area contributed by atoms with E-state index < -0.39 is 0 Å². The number of carbonyl (C=O) groups is 1. The normalized spacial score (nSPS) is 15.4. The zero-order valence-electron chi connectivity index (χ0n) is 10.2. The molecule has 1 aliphatic heterocycles. The number of hydrogen-bond donors (Lipinski definition) is 0. The number of rotatable bonds is 1. The Morgan fingerprint density at radius 2 is 2.00 bits per heavy atom. The van der Waals surface area contributed by atoms with Gasteiger partial charge in [0.25, 0.3) is 0 Å². The minimum absolute atomic E-state index is 0.118. The predicted octanol–water partition coefficient (Wildman–Crippen LogP) is 1.88. The second kappa shape index (κ2) is 5.28. The van der Waals surface area contributed by atoms with Gasteiger partial charge in [-0.05, 0) is 18.2 Å². The molecule has 5 heteroatoms. The van der Waals surface area contributed by atoms with E-state index in [1.807, 2.05) is 23.1 Å². The SMILES string of the molecule is CC(=O)N1CCN(c2ccc(C#N)c(Cl)c2)CC1. The summed E-state index contributed by atoms with van der Waals surface area (Å²) >= 11 is 6.01. The molecule has 1 aromatic carbocycles. The molecule has 0 aliphatic carbocycles. The van der Waals surface area contributed by atoms with Gasteiger partial charge in [0.1, 0.15) is 6.07 Å². The van der Waals surface area contributed by atoms with Crippen LogP contribution in [0.5, 0.6) is 0 Å². The van der Waals surface area contributed by atoms with Crippen LogP contribution in [0.3, 0.4) is 0 Å². The van der Waals surface area contributed by atoms with Crippen LogP contribution in [0.1, 0.15) is 12.5 Å². The minimum Gasteiger partial charge on any atom is -0.368 e. The highest BCUT2D eigenvalue weighted by Gasteiger charge is 2.19. The monoisotopic (exact) mass is 263 g/mol. The van der Waals surface area contributed by atoms with Crippen molar-refractivity contribution in [3.8, 4) is 6.07 Å². The van der Waals surface area contributed by atoms with Gasteiger partial charge in [0.15, 0.2) is 0 Å². The number of nitriles is 1. The van der Waals surface area contributed by atoms with Crippen molar-refractivity contribution in [3.05, 3.63) is 28.8 Å². The molecule has 1 aromatic rings. The Kier molecular flexibility index (Phi) is 3.73. The van der Waals surface area contributed by atoms with Crippen molar-refractivity contribution in [1.29, 1.82) is 5.26 Å². The highest BCUT2D eigenvalue weighted by molar-refractivity contribution is 6.32. The number of carbonyl (C=O) groups excluding carboxylic acids is 1. The lowest BCUT2D eigenvalue weighted by Crippen LogP contribution is -2.48. The number of piperazine rings is 1. The summed E-state index contributed by atoms with van der Waals surface area (Å²) in [4.78, 5) is 15.2. The molecule has 4 nitrogen and oxygen atoms in total. The third-order valence-corrected chi connectivity index (χ3v) is 3.48. The van der Waals surface area contributed by atoms with Crippen molar-refractivity contribution in [1.82, 2.24) is 4.90 Å². The molecular formula is C13H14ClN3O. The topological polar surface area (TPSA) is 47.3 Å². The van der Waals surface area contributed by atoms with E-state index in [0.29, 0.717) is 10.6 Å². The van der Waals surface area contributed by atoms with Crippen LogP contribution >= 0.6 is 11.6 Å². The van der Waals surface area contributed by atoms with E-state index in [2.05, 4.69) is 4.90 Å². The lowest BCUT2D eigenvalue weighted by Gasteiger charge is -2.35. The maximum Gasteiger partial charge on any atom is 0.219 e. The zero-order chi connectivity index (χ0) is 13.1. The standard InChI is InChI=1S/C13H14ClN3O/c1-10(18)16-4-6-17(7-5-16)12-3-2-11(9-15)13(14)8-12/h2-3,8H,4-7H2,1H3. The maximum absolute atomic E-state index is 11.2. The second-order valence-corrected chi connectivity index (χ2v) is 4.68. The van der Waals surface area contributed by atoms with Gasteiger partial charge in [0, 0.05) is 38.8 Å². The first kappa shape index (κ1) is 12.7. The summed E-state index contributed by atoms with van der Waals surface area (Å²) < 4.78 is 0. The molecular weight excluding hydrogens is 250 g/mol. The molecule has 0 saturated carbocycles. The van der Waals surface area contributed by atoms with Gasteiger partial charge in [0.2, 0.25) is 5.91 Å². The van der Waals surface area contributed by atoms with E-state index in [1.54, 1.807) is 13.0 Å². The van der Waals surface area contributed by atoms with E-state index >= 15 is 0 Å². The molecule has 0 aromatic heterocycles. The number of benzene rings is 1. The second-order valence-electron chi connectivity index (χ2n) is 4.27. The number of amides is 1. The molecule has 1 heterocycles. The largest absolute Gasteiger partial charge is 0.368 e. The average molecular weight is 264 g/mol. The average Bonchev–Trinajstić information content (AvgIpc) is 2.38. The molecule has 1 amide bonds. The Morgan fingerprint density at radius 1 is 1.33 bits per heavy atom. The summed E-state index contributed by atoms with van der Waals surface area (Å²) in [5, 5.41) is 9.30. The number of halogens is 1. The summed E-state index contributed by atoms with van der Waals surface area (Å²) in [5.74, 6) is 0.118. The lowest BCUT2D eigenvalue weighted by molar-refractivity contribution is -0.129. The maximum atomic E-state index is 11.2.